The number of hydrogen-bond donors (Lipinski definition) is 1. The van der Waals surface area contributed by atoms with Crippen LogP contribution in [0.1, 0.15) is 12.8 Å². The third-order valence-corrected chi connectivity index (χ3v) is 6.14. The molecule has 0 aliphatic rings. The van der Waals surface area contributed by atoms with Crippen molar-refractivity contribution < 1.29 is 13.2 Å². The Balaban J connectivity index is 1.54. The van der Waals surface area contributed by atoms with Gasteiger partial charge >= 0.3 is 0 Å². The summed E-state index contributed by atoms with van der Waals surface area (Å²) < 4.78 is 25.3. The third kappa shape index (κ3) is 3.98. The van der Waals surface area contributed by atoms with Gasteiger partial charge in [-0.2, -0.15) is 0 Å². The lowest BCUT2D eigenvalue weighted by molar-refractivity contribution is -0.116. The van der Waals surface area contributed by atoms with Gasteiger partial charge in [0, 0.05) is 12.1 Å². The van der Waals surface area contributed by atoms with E-state index in [9.17, 15) is 13.2 Å². The van der Waals surface area contributed by atoms with E-state index in [-0.39, 0.29) is 24.5 Å². The minimum absolute atomic E-state index is 0.0433. The molecule has 1 aromatic heterocycles. The summed E-state index contributed by atoms with van der Waals surface area (Å²) >= 11 is 1.51. The molecule has 3 rings (SSSR count). The summed E-state index contributed by atoms with van der Waals surface area (Å²) in [6, 6.07) is 13.8. The second kappa shape index (κ2) is 7.11. The van der Waals surface area contributed by atoms with Crippen LogP contribution in [0.2, 0.25) is 0 Å². The maximum Gasteiger partial charge on any atom is 0.224 e. The van der Waals surface area contributed by atoms with Crippen LogP contribution in [-0.4, -0.2) is 25.1 Å². The maximum absolute atomic E-state index is 12.2. The van der Waals surface area contributed by atoms with Crippen molar-refractivity contribution in [2.45, 2.75) is 17.7 Å². The first-order valence-electron chi connectivity index (χ1n) is 7.45. The molecular weight excluding hydrogens is 344 g/mol. The van der Waals surface area contributed by atoms with Crippen molar-refractivity contribution in [3.05, 3.63) is 54.0 Å². The first-order chi connectivity index (χ1) is 11.5. The van der Waals surface area contributed by atoms with E-state index in [2.05, 4.69) is 10.3 Å². The van der Waals surface area contributed by atoms with E-state index in [1.54, 1.807) is 41.9 Å². The molecule has 7 heteroatoms. The molecule has 1 heterocycles. The van der Waals surface area contributed by atoms with Crippen LogP contribution in [-0.2, 0) is 14.6 Å². The van der Waals surface area contributed by atoms with E-state index in [1.165, 1.54) is 11.3 Å². The molecule has 0 atom stereocenters. The summed E-state index contributed by atoms with van der Waals surface area (Å²) in [5.41, 5.74) is 3.35. The Hall–Kier alpha value is -2.25. The van der Waals surface area contributed by atoms with Crippen molar-refractivity contribution in [2.24, 2.45) is 0 Å². The van der Waals surface area contributed by atoms with E-state index < -0.39 is 9.84 Å². The first kappa shape index (κ1) is 16.6. The zero-order chi connectivity index (χ0) is 17.0. The van der Waals surface area contributed by atoms with Crippen LogP contribution in [0.5, 0.6) is 0 Å². The number of nitrogens with zero attached hydrogens (tertiary/aromatic N) is 1. The van der Waals surface area contributed by atoms with Crippen LogP contribution in [0.4, 0.5) is 5.69 Å². The van der Waals surface area contributed by atoms with Gasteiger partial charge in [0.25, 0.3) is 0 Å². The molecule has 0 saturated heterocycles. The van der Waals surface area contributed by atoms with Gasteiger partial charge in [-0.1, -0.05) is 18.2 Å². The highest BCUT2D eigenvalue weighted by atomic mass is 32.2. The lowest BCUT2D eigenvalue weighted by atomic mass is 10.2. The van der Waals surface area contributed by atoms with Gasteiger partial charge < -0.3 is 5.32 Å². The fraction of sp³-hybridized carbons (Fsp3) is 0.176. The molecule has 1 N–H and O–H groups in total. The number of benzene rings is 2. The number of nitrogens with one attached hydrogen (secondary N) is 1. The molecule has 0 aliphatic heterocycles. The molecular formula is C17H16N2O3S2. The standard InChI is InChI=1S/C17H16N2O3S2/c20-17(19-13-8-9-15-16(11-13)23-12-18-15)7-4-10-24(21,22)14-5-2-1-3-6-14/h1-3,5-6,8-9,11-12H,4,7,10H2,(H,19,20). The summed E-state index contributed by atoms with van der Waals surface area (Å²) in [7, 11) is -3.34. The van der Waals surface area contributed by atoms with E-state index in [1.807, 2.05) is 12.1 Å². The molecule has 0 unspecified atom stereocenters. The quantitative estimate of drug-likeness (QED) is 0.730. The summed E-state index contributed by atoms with van der Waals surface area (Å²) in [5, 5.41) is 2.80. The van der Waals surface area contributed by atoms with Gasteiger partial charge in [-0.3, -0.25) is 4.79 Å². The van der Waals surface area contributed by atoms with Gasteiger partial charge in [0.15, 0.2) is 9.84 Å². The second-order valence-electron chi connectivity index (χ2n) is 5.32. The largest absolute Gasteiger partial charge is 0.326 e. The number of aromatic nitrogens is 1. The van der Waals surface area contributed by atoms with Crippen LogP contribution >= 0.6 is 11.3 Å². The number of sulfone groups is 1. The lowest BCUT2D eigenvalue weighted by Crippen LogP contribution is -2.14. The monoisotopic (exact) mass is 360 g/mol. The summed E-state index contributed by atoms with van der Waals surface area (Å²) in [6.45, 7) is 0. The van der Waals surface area contributed by atoms with E-state index >= 15 is 0 Å². The Labute approximate surface area is 144 Å². The van der Waals surface area contributed by atoms with Crippen LogP contribution < -0.4 is 5.32 Å². The van der Waals surface area contributed by atoms with Crippen molar-refractivity contribution in [3.8, 4) is 0 Å². The number of carbonyl (C=O) groups is 1. The minimum Gasteiger partial charge on any atom is -0.326 e. The summed E-state index contributed by atoms with van der Waals surface area (Å²) in [6.07, 6.45) is 0.443. The molecule has 2 aromatic carbocycles. The van der Waals surface area contributed by atoms with Crippen LogP contribution in [0.15, 0.2) is 58.9 Å². The van der Waals surface area contributed by atoms with Gasteiger partial charge in [0.05, 0.1) is 26.4 Å². The average molecular weight is 360 g/mol. The van der Waals surface area contributed by atoms with Gasteiger partial charge in [0.1, 0.15) is 0 Å². The number of anilines is 1. The average Bonchev–Trinajstić information content (AvgIpc) is 3.03. The van der Waals surface area contributed by atoms with E-state index in [0.717, 1.165) is 10.2 Å². The second-order valence-corrected chi connectivity index (χ2v) is 8.31. The van der Waals surface area contributed by atoms with Gasteiger partial charge in [-0.05, 0) is 36.8 Å². The molecule has 0 radical (unpaired) electrons. The van der Waals surface area contributed by atoms with E-state index in [0.29, 0.717) is 10.6 Å². The van der Waals surface area contributed by atoms with Gasteiger partial charge in [0.2, 0.25) is 5.91 Å². The Bertz CT molecular complexity index is 950. The molecule has 24 heavy (non-hydrogen) atoms. The summed E-state index contributed by atoms with van der Waals surface area (Å²) in [4.78, 5) is 16.5. The Morgan fingerprint density at radius 3 is 2.71 bits per heavy atom. The van der Waals surface area contributed by atoms with Crippen molar-refractivity contribution in [1.82, 2.24) is 4.98 Å². The minimum atomic E-state index is -3.34. The number of fused-ring (bicyclic) bond motifs is 1. The van der Waals surface area contributed by atoms with Gasteiger partial charge in [-0.25, -0.2) is 13.4 Å². The predicted molar refractivity (Wildman–Crippen MR) is 96.0 cm³/mol. The third-order valence-electron chi connectivity index (χ3n) is 3.53. The Morgan fingerprint density at radius 2 is 1.92 bits per heavy atom. The maximum atomic E-state index is 12.2. The number of thiazole rings is 1. The van der Waals surface area contributed by atoms with Crippen LogP contribution in [0.25, 0.3) is 10.2 Å². The normalized spacial score (nSPS) is 11.5. The summed E-state index contributed by atoms with van der Waals surface area (Å²) in [5.74, 6) is -0.236. The molecule has 3 aromatic rings. The molecule has 0 bridgehead atoms. The fourth-order valence-electron chi connectivity index (χ4n) is 2.32. The molecule has 5 nitrogen and oxygen atoms in total. The number of amides is 1. The number of rotatable bonds is 6. The van der Waals surface area contributed by atoms with Crippen molar-refractivity contribution in [3.63, 3.8) is 0 Å². The molecule has 0 saturated carbocycles. The smallest absolute Gasteiger partial charge is 0.224 e. The molecule has 0 aliphatic carbocycles. The highest BCUT2D eigenvalue weighted by Gasteiger charge is 2.14. The van der Waals surface area contributed by atoms with Crippen molar-refractivity contribution >= 4 is 43.0 Å². The Kier molecular flexibility index (Phi) is 4.92. The van der Waals surface area contributed by atoms with Crippen molar-refractivity contribution in [2.75, 3.05) is 11.1 Å². The molecule has 1 amide bonds. The van der Waals surface area contributed by atoms with Crippen molar-refractivity contribution in [1.29, 1.82) is 0 Å². The molecule has 0 fully saturated rings. The predicted octanol–water partition coefficient (Wildman–Crippen LogP) is 3.49. The van der Waals surface area contributed by atoms with Crippen LogP contribution in [0.3, 0.4) is 0 Å². The zero-order valence-electron chi connectivity index (χ0n) is 12.8. The lowest BCUT2D eigenvalue weighted by Gasteiger charge is -2.06. The van der Waals surface area contributed by atoms with Crippen LogP contribution in [0, 0.1) is 0 Å². The molecule has 124 valence electrons. The number of carbonyl (C=O) groups excluding carboxylic acids is 1. The fourth-order valence-corrected chi connectivity index (χ4v) is 4.37. The topological polar surface area (TPSA) is 76.1 Å². The highest BCUT2D eigenvalue weighted by Crippen LogP contribution is 2.22. The molecule has 0 spiro atoms. The zero-order valence-corrected chi connectivity index (χ0v) is 14.4. The Morgan fingerprint density at radius 1 is 1.12 bits per heavy atom. The first-order valence-corrected chi connectivity index (χ1v) is 9.99. The SMILES string of the molecule is O=C(CCCS(=O)(=O)c1ccccc1)Nc1ccc2ncsc2c1. The van der Waals surface area contributed by atoms with Gasteiger partial charge in [-0.15, -0.1) is 11.3 Å². The highest BCUT2D eigenvalue weighted by molar-refractivity contribution is 7.91. The number of hydrogen-bond acceptors (Lipinski definition) is 5. The van der Waals surface area contributed by atoms with E-state index in [4.69, 9.17) is 0 Å².